The number of hydrogen-bond donors (Lipinski definition) is 2. The molecule has 172 valence electrons. The quantitative estimate of drug-likeness (QED) is 0.612. The number of carbonyl (C=O) groups is 1. The number of anilines is 3. The Hall–Kier alpha value is -3.79. The third kappa shape index (κ3) is 4.70. The minimum atomic E-state index is -0.625. The molecule has 1 saturated heterocycles. The molecule has 2 heterocycles. The summed E-state index contributed by atoms with van der Waals surface area (Å²) >= 11 is 0. The van der Waals surface area contributed by atoms with Crippen molar-refractivity contribution in [1.29, 1.82) is 0 Å². The molecule has 33 heavy (non-hydrogen) atoms. The van der Waals surface area contributed by atoms with Gasteiger partial charge in [0, 0.05) is 26.2 Å². The van der Waals surface area contributed by atoms with E-state index in [-0.39, 0.29) is 28.5 Å². The monoisotopic (exact) mass is 454 g/mol. The number of halogens is 2. The molecule has 4 rings (SSSR count). The van der Waals surface area contributed by atoms with E-state index in [0.29, 0.717) is 11.4 Å². The Morgan fingerprint density at radius 2 is 1.91 bits per heavy atom. The lowest BCUT2D eigenvalue weighted by Crippen LogP contribution is -2.44. The van der Waals surface area contributed by atoms with Crippen molar-refractivity contribution in [2.45, 2.75) is 0 Å². The van der Waals surface area contributed by atoms with Crippen LogP contribution in [0, 0.1) is 11.6 Å². The number of hydrogen-bond acceptors (Lipinski definition) is 7. The van der Waals surface area contributed by atoms with Crippen LogP contribution in [0.3, 0.4) is 0 Å². The second-order valence-electron chi connectivity index (χ2n) is 7.71. The van der Waals surface area contributed by atoms with Crippen molar-refractivity contribution in [3.8, 4) is 17.0 Å². The van der Waals surface area contributed by atoms with Gasteiger partial charge in [-0.2, -0.15) is 0 Å². The van der Waals surface area contributed by atoms with E-state index in [9.17, 15) is 13.6 Å². The largest absolute Gasteiger partial charge is 0.496 e. The van der Waals surface area contributed by atoms with Gasteiger partial charge in [-0.1, -0.05) is 6.07 Å². The highest BCUT2D eigenvalue weighted by Gasteiger charge is 2.22. The highest BCUT2D eigenvalue weighted by molar-refractivity contribution is 6.05. The Labute approximate surface area is 190 Å². The average molecular weight is 454 g/mol. The summed E-state index contributed by atoms with van der Waals surface area (Å²) in [6, 6.07) is 8.54. The summed E-state index contributed by atoms with van der Waals surface area (Å²) in [5.41, 5.74) is 6.84. The van der Waals surface area contributed by atoms with Gasteiger partial charge in [0.2, 0.25) is 0 Å². The zero-order chi connectivity index (χ0) is 23.5. The maximum atomic E-state index is 14.6. The van der Waals surface area contributed by atoms with E-state index in [1.165, 1.54) is 37.6 Å². The molecule has 0 aliphatic carbocycles. The van der Waals surface area contributed by atoms with Gasteiger partial charge in [-0.15, -0.1) is 0 Å². The molecule has 8 nitrogen and oxygen atoms in total. The molecule has 1 fully saturated rings. The fourth-order valence-electron chi connectivity index (χ4n) is 3.71. The lowest BCUT2D eigenvalue weighted by atomic mass is 10.1. The summed E-state index contributed by atoms with van der Waals surface area (Å²) in [6.45, 7) is 3.18. The van der Waals surface area contributed by atoms with Crippen molar-refractivity contribution in [2.24, 2.45) is 0 Å². The van der Waals surface area contributed by atoms with Crippen molar-refractivity contribution in [1.82, 2.24) is 14.9 Å². The Morgan fingerprint density at radius 3 is 2.64 bits per heavy atom. The molecule has 3 aromatic rings. The Bertz CT molecular complexity index is 1180. The molecule has 0 radical (unpaired) electrons. The maximum absolute atomic E-state index is 14.6. The zero-order valence-electron chi connectivity index (χ0n) is 18.3. The molecule has 1 amide bonds. The fourth-order valence-corrected chi connectivity index (χ4v) is 3.71. The predicted molar refractivity (Wildman–Crippen MR) is 122 cm³/mol. The number of benzene rings is 2. The first kappa shape index (κ1) is 22.4. The van der Waals surface area contributed by atoms with Crippen molar-refractivity contribution < 1.29 is 18.3 Å². The van der Waals surface area contributed by atoms with Crippen LogP contribution < -0.4 is 20.7 Å². The predicted octanol–water partition coefficient (Wildman–Crippen LogP) is 3.02. The normalized spacial score (nSPS) is 14.2. The lowest BCUT2D eigenvalue weighted by molar-refractivity contribution is 0.102. The van der Waals surface area contributed by atoms with Gasteiger partial charge in [-0.3, -0.25) is 4.79 Å². The van der Waals surface area contributed by atoms with Crippen molar-refractivity contribution >= 4 is 23.1 Å². The van der Waals surface area contributed by atoms with Crippen LogP contribution >= 0.6 is 0 Å². The molecule has 10 heteroatoms. The van der Waals surface area contributed by atoms with Crippen molar-refractivity contribution in [3.63, 3.8) is 0 Å². The number of nitrogens with zero attached hydrogens (tertiary/aromatic N) is 4. The first-order valence-corrected chi connectivity index (χ1v) is 10.4. The van der Waals surface area contributed by atoms with Crippen LogP contribution in [0.15, 0.2) is 42.6 Å². The highest BCUT2D eigenvalue weighted by Crippen LogP contribution is 2.34. The van der Waals surface area contributed by atoms with Gasteiger partial charge in [0.05, 0.1) is 30.2 Å². The third-order valence-electron chi connectivity index (χ3n) is 5.52. The second kappa shape index (κ2) is 9.37. The molecule has 0 unspecified atom stereocenters. The van der Waals surface area contributed by atoms with Crippen LogP contribution in [-0.4, -0.2) is 61.1 Å². The molecule has 3 N–H and O–H groups in total. The number of nitrogens with one attached hydrogen (secondary N) is 1. The van der Waals surface area contributed by atoms with E-state index in [1.807, 2.05) is 7.05 Å². The standard InChI is InChI=1S/C23H24F2N6O2/c1-30-8-10-31(11-9-30)18-7-6-14(24)12-16(18)29-23(32)17-13-27-22(26)21(28-17)20-15(25)4-3-5-19(20)33-2/h3-7,12-13H,8-11H2,1-2H3,(H2,26,27)(H,29,32). The fraction of sp³-hybridized carbons (Fsp3) is 0.261. The van der Waals surface area contributed by atoms with Crippen LogP contribution in [0.2, 0.25) is 0 Å². The van der Waals surface area contributed by atoms with Crippen LogP contribution in [0.25, 0.3) is 11.3 Å². The Morgan fingerprint density at radius 1 is 1.15 bits per heavy atom. The van der Waals surface area contributed by atoms with Gasteiger partial charge >= 0.3 is 0 Å². The van der Waals surface area contributed by atoms with E-state index in [2.05, 4.69) is 25.1 Å². The van der Waals surface area contributed by atoms with E-state index in [0.717, 1.165) is 26.2 Å². The Balaban J connectivity index is 1.66. The highest BCUT2D eigenvalue weighted by atomic mass is 19.1. The summed E-state index contributed by atoms with van der Waals surface area (Å²) in [4.78, 5) is 25.6. The SMILES string of the molecule is COc1cccc(F)c1-c1nc(C(=O)Nc2cc(F)ccc2N2CCN(C)CC2)cnc1N. The van der Waals surface area contributed by atoms with Crippen molar-refractivity contribution in [3.05, 3.63) is 59.9 Å². The number of rotatable bonds is 5. The molecule has 0 atom stereocenters. The number of carbonyl (C=O) groups excluding carboxylic acids is 1. The van der Waals surface area contributed by atoms with Crippen LogP contribution in [-0.2, 0) is 0 Å². The first-order chi connectivity index (χ1) is 15.9. The maximum Gasteiger partial charge on any atom is 0.275 e. The van der Waals surface area contributed by atoms with Crippen molar-refractivity contribution in [2.75, 3.05) is 56.3 Å². The topological polar surface area (TPSA) is 96.6 Å². The Kier molecular flexibility index (Phi) is 6.36. The van der Waals surface area contributed by atoms with Gasteiger partial charge < -0.3 is 25.6 Å². The molecule has 0 saturated carbocycles. The number of methoxy groups -OCH3 is 1. The molecule has 1 aliphatic heterocycles. The molecular weight excluding hydrogens is 430 g/mol. The molecule has 1 aliphatic rings. The number of amides is 1. The number of aromatic nitrogens is 2. The zero-order valence-corrected chi connectivity index (χ0v) is 18.3. The number of nitrogens with two attached hydrogens (primary N) is 1. The van der Waals surface area contributed by atoms with Gasteiger partial charge in [0.1, 0.15) is 34.6 Å². The third-order valence-corrected chi connectivity index (χ3v) is 5.52. The summed E-state index contributed by atoms with van der Waals surface area (Å²) in [6.07, 6.45) is 1.19. The number of likely N-dealkylation sites (N-methyl/N-ethyl adjacent to an activating group) is 1. The van der Waals surface area contributed by atoms with Gasteiger partial charge in [-0.05, 0) is 37.4 Å². The van der Waals surface area contributed by atoms with Gasteiger partial charge in [0.15, 0.2) is 0 Å². The number of ether oxygens (including phenoxy) is 1. The van der Waals surface area contributed by atoms with Gasteiger partial charge in [-0.25, -0.2) is 18.7 Å². The van der Waals surface area contributed by atoms with Gasteiger partial charge in [0.25, 0.3) is 5.91 Å². The first-order valence-electron chi connectivity index (χ1n) is 10.4. The van der Waals surface area contributed by atoms with Crippen LogP contribution in [0.1, 0.15) is 10.5 Å². The molecule has 1 aromatic heterocycles. The molecular formula is C23H24F2N6O2. The van der Waals surface area contributed by atoms with E-state index >= 15 is 0 Å². The molecule has 0 bridgehead atoms. The summed E-state index contributed by atoms with van der Waals surface area (Å²) in [7, 11) is 3.43. The van der Waals surface area contributed by atoms with Crippen LogP contribution in [0.5, 0.6) is 5.75 Å². The van der Waals surface area contributed by atoms with Crippen LogP contribution in [0.4, 0.5) is 26.0 Å². The summed E-state index contributed by atoms with van der Waals surface area (Å²) in [5.74, 6) is -1.58. The molecule has 2 aromatic carbocycles. The summed E-state index contributed by atoms with van der Waals surface area (Å²) < 4.78 is 33.8. The lowest BCUT2D eigenvalue weighted by Gasteiger charge is -2.35. The minimum absolute atomic E-state index is 0.00327. The second-order valence-corrected chi connectivity index (χ2v) is 7.71. The van der Waals surface area contributed by atoms with E-state index in [1.54, 1.807) is 12.1 Å². The van der Waals surface area contributed by atoms with E-state index < -0.39 is 17.5 Å². The number of nitrogen functional groups attached to an aromatic ring is 1. The molecule has 0 spiro atoms. The average Bonchev–Trinajstić information content (AvgIpc) is 2.80. The minimum Gasteiger partial charge on any atom is -0.496 e. The van der Waals surface area contributed by atoms with E-state index in [4.69, 9.17) is 10.5 Å². The summed E-state index contributed by atoms with van der Waals surface area (Å²) in [5, 5.41) is 2.72. The number of piperazine rings is 1. The smallest absolute Gasteiger partial charge is 0.275 e.